The van der Waals surface area contributed by atoms with E-state index in [1.54, 1.807) is 0 Å². The third-order valence-corrected chi connectivity index (χ3v) is 4.43. The molecule has 0 amide bonds. The molecule has 2 atom stereocenters. The van der Waals surface area contributed by atoms with E-state index < -0.39 is 0 Å². The van der Waals surface area contributed by atoms with E-state index in [0.717, 1.165) is 38.4 Å². The number of hydrogen-bond acceptors (Lipinski definition) is 4. The number of nitrogens with two attached hydrogens (primary N) is 1. The summed E-state index contributed by atoms with van der Waals surface area (Å²) in [6, 6.07) is 7.12. The van der Waals surface area contributed by atoms with Gasteiger partial charge in [0.05, 0.1) is 12.2 Å². The lowest BCUT2D eigenvalue weighted by molar-refractivity contribution is 0.301. The fraction of sp³-hybridized carbons (Fsp3) is 0.600. The van der Waals surface area contributed by atoms with E-state index in [2.05, 4.69) is 42.1 Å². The zero-order valence-electron chi connectivity index (χ0n) is 11.8. The maximum Gasteiger partial charge on any atom is 0.143 e. The number of nitrogens with zero attached hydrogens (tertiary/aromatic N) is 2. The Morgan fingerprint density at radius 1 is 1.37 bits per heavy atom. The van der Waals surface area contributed by atoms with Crippen LogP contribution in [-0.4, -0.2) is 45.2 Å². The summed E-state index contributed by atoms with van der Waals surface area (Å²) in [4.78, 5) is 4.66. The first-order valence-corrected chi connectivity index (χ1v) is 7.07. The van der Waals surface area contributed by atoms with E-state index in [9.17, 15) is 0 Å². The molecule has 4 heteroatoms. The van der Waals surface area contributed by atoms with Crippen LogP contribution in [0.4, 0.5) is 5.69 Å². The Labute approximate surface area is 115 Å². The van der Waals surface area contributed by atoms with Gasteiger partial charge in [-0.15, -0.1) is 0 Å². The molecule has 1 aromatic carbocycles. The van der Waals surface area contributed by atoms with E-state index in [1.807, 2.05) is 0 Å². The highest BCUT2D eigenvalue weighted by Gasteiger charge is 2.30. The van der Waals surface area contributed by atoms with Gasteiger partial charge in [-0.3, -0.25) is 4.90 Å². The summed E-state index contributed by atoms with van der Waals surface area (Å²) in [5, 5.41) is 0. The molecule has 104 valence electrons. The van der Waals surface area contributed by atoms with Crippen molar-refractivity contribution in [2.24, 2.45) is 11.7 Å². The minimum Gasteiger partial charge on any atom is -0.490 e. The summed E-state index contributed by atoms with van der Waals surface area (Å²) in [7, 11) is 4.31. The minimum absolute atomic E-state index is 0.481. The van der Waals surface area contributed by atoms with Gasteiger partial charge in [-0.25, -0.2) is 0 Å². The molecule has 2 N–H and O–H groups in total. The summed E-state index contributed by atoms with van der Waals surface area (Å²) in [6.07, 6.45) is 1.15. The molecule has 19 heavy (non-hydrogen) atoms. The van der Waals surface area contributed by atoms with E-state index >= 15 is 0 Å². The topological polar surface area (TPSA) is 41.7 Å². The molecule has 0 aromatic heterocycles. The van der Waals surface area contributed by atoms with Gasteiger partial charge in [0.2, 0.25) is 0 Å². The van der Waals surface area contributed by atoms with Gasteiger partial charge in [0.1, 0.15) is 12.4 Å². The predicted octanol–water partition coefficient (Wildman–Crippen LogP) is 1.47. The summed E-state index contributed by atoms with van der Waals surface area (Å²) in [6.45, 7) is 3.62. The number of anilines is 1. The van der Waals surface area contributed by atoms with Gasteiger partial charge in [-0.1, -0.05) is 6.07 Å². The molecule has 3 rings (SSSR count). The maximum atomic E-state index is 5.81. The Bertz CT molecular complexity index is 463. The number of ether oxygens (including phenoxy) is 1. The predicted molar refractivity (Wildman–Crippen MR) is 77.7 cm³/mol. The fourth-order valence-corrected chi connectivity index (χ4v) is 3.25. The number of likely N-dealkylation sites (N-methyl/N-ethyl adjacent to an activating group) is 1. The van der Waals surface area contributed by atoms with Crippen LogP contribution in [0, 0.1) is 5.92 Å². The van der Waals surface area contributed by atoms with E-state index in [1.165, 1.54) is 11.3 Å². The van der Waals surface area contributed by atoms with Crippen LogP contribution in [0.15, 0.2) is 18.2 Å². The van der Waals surface area contributed by atoms with Crippen molar-refractivity contribution >= 4 is 5.69 Å². The van der Waals surface area contributed by atoms with Gasteiger partial charge in [0.15, 0.2) is 0 Å². The maximum absolute atomic E-state index is 5.81. The van der Waals surface area contributed by atoms with Gasteiger partial charge in [-0.05, 0) is 43.6 Å². The van der Waals surface area contributed by atoms with Gasteiger partial charge in [-0.2, -0.15) is 0 Å². The Morgan fingerprint density at radius 3 is 2.95 bits per heavy atom. The molecular weight excluding hydrogens is 238 g/mol. The molecule has 0 saturated carbocycles. The van der Waals surface area contributed by atoms with Gasteiger partial charge < -0.3 is 15.4 Å². The summed E-state index contributed by atoms with van der Waals surface area (Å²) in [5.41, 5.74) is 8.36. The molecule has 1 aromatic rings. The third-order valence-electron chi connectivity index (χ3n) is 4.43. The monoisotopic (exact) mass is 261 g/mol. The molecule has 2 aliphatic heterocycles. The standard InChI is InChI=1S/C15H23N3O/c1-17-5-6-19-15-8-12(3-4-13(15)17)14-7-11(9-16)10-18(14)2/h3-4,8,11,14H,5-7,9-10,16H2,1-2H3. The van der Waals surface area contributed by atoms with E-state index in [-0.39, 0.29) is 0 Å². The lowest BCUT2D eigenvalue weighted by atomic mass is 9.99. The van der Waals surface area contributed by atoms with Crippen LogP contribution in [0.2, 0.25) is 0 Å². The van der Waals surface area contributed by atoms with Crippen molar-refractivity contribution in [2.75, 3.05) is 45.2 Å². The highest BCUT2D eigenvalue weighted by Crippen LogP contribution is 2.38. The molecule has 2 heterocycles. The van der Waals surface area contributed by atoms with Crippen molar-refractivity contribution in [1.82, 2.24) is 4.90 Å². The van der Waals surface area contributed by atoms with Crippen molar-refractivity contribution in [3.05, 3.63) is 23.8 Å². The Balaban J connectivity index is 1.86. The first-order chi connectivity index (χ1) is 9.19. The quantitative estimate of drug-likeness (QED) is 0.875. The molecule has 0 bridgehead atoms. The Morgan fingerprint density at radius 2 is 2.21 bits per heavy atom. The van der Waals surface area contributed by atoms with Crippen molar-refractivity contribution < 1.29 is 4.74 Å². The van der Waals surface area contributed by atoms with Crippen LogP contribution in [0.5, 0.6) is 5.75 Å². The average molecular weight is 261 g/mol. The number of fused-ring (bicyclic) bond motifs is 1. The SMILES string of the molecule is CN1CCOc2cc(C3CC(CN)CN3C)ccc21. The second kappa shape index (κ2) is 5.02. The first-order valence-electron chi connectivity index (χ1n) is 7.07. The molecule has 1 fully saturated rings. The highest BCUT2D eigenvalue weighted by atomic mass is 16.5. The summed E-state index contributed by atoms with van der Waals surface area (Å²) >= 11 is 0. The van der Waals surface area contributed by atoms with Crippen molar-refractivity contribution in [3.63, 3.8) is 0 Å². The Hall–Kier alpha value is -1.26. The highest BCUT2D eigenvalue weighted by molar-refractivity contribution is 5.60. The number of rotatable bonds is 2. The third kappa shape index (κ3) is 2.30. The van der Waals surface area contributed by atoms with E-state index in [4.69, 9.17) is 10.5 Å². The number of benzene rings is 1. The zero-order valence-corrected chi connectivity index (χ0v) is 11.8. The molecular formula is C15H23N3O. The summed E-state index contributed by atoms with van der Waals surface area (Å²) < 4.78 is 5.80. The average Bonchev–Trinajstić information content (AvgIpc) is 2.80. The van der Waals surface area contributed by atoms with Crippen molar-refractivity contribution in [3.8, 4) is 5.75 Å². The molecule has 0 spiro atoms. The summed E-state index contributed by atoms with van der Waals surface area (Å²) in [5.74, 6) is 1.64. The van der Waals surface area contributed by atoms with Crippen LogP contribution >= 0.6 is 0 Å². The lowest BCUT2D eigenvalue weighted by Gasteiger charge is -2.29. The van der Waals surface area contributed by atoms with Crippen LogP contribution in [0.25, 0.3) is 0 Å². The van der Waals surface area contributed by atoms with Crippen LogP contribution in [0.3, 0.4) is 0 Å². The molecule has 4 nitrogen and oxygen atoms in total. The first kappa shape index (κ1) is 12.8. The number of hydrogen-bond donors (Lipinski definition) is 1. The molecule has 0 aliphatic carbocycles. The lowest BCUT2D eigenvalue weighted by Crippen LogP contribution is -2.29. The van der Waals surface area contributed by atoms with Gasteiger partial charge in [0.25, 0.3) is 0 Å². The minimum atomic E-state index is 0.481. The zero-order chi connectivity index (χ0) is 13.4. The molecule has 1 saturated heterocycles. The second-order valence-corrected chi connectivity index (χ2v) is 5.79. The van der Waals surface area contributed by atoms with Gasteiger partial charge in [0, 0.05) is 19.6 Å². The van der Waals surface area contributed by atoms with E-state index in [0.29, 0.717) is 12.0 Å². The molecule has 2 unspecified atom stereocenters. The van der Waals surface area contributed by atoms with Crippen molar-refractivity contribution in [1.29, 1.82) is 0 Å². The Kier molecular flexibility index (Phi) is 3.37. The molecule has 2 aliphatic rings. The smallest absolute Gasteiger partial charge is 0.143 e. The van der Waals surface area contributed by atoms with Crippen molar-refractivity contribution in [2.45, 2.75) is 12.5 Å². The van der Waals surface area contributed by atoms with Gasteiger partial charge >= 0.3 is 0 Å². The number of likely N-dealkylation sites (tertiary alicyclic amines) is 1. The second-order valence-electron chi connectivity index (χ2n) is 5.79. The normalized spacial score (nSPS) is 27.2. The van der Waals surface area contributed by atoms with Crippen LogP contribution in [-0.2, 0) is 0 Å². The largest absolute Gasteiger partial charge is 0.490 e. The van der Waals surface area contributed by atoms with Crippen LogP contribution < -0.4 is 15.4 Å². The van der Waals surface area contributed by atoms with Crippen LogP contribution in [0.1, 0.15) is 18.0 Å². The molecule has 0 radical (unpaired) electrons. The fourth-order valence-electron chi connectivity index (χ4n) is 3.25.